The first-order valence-electron chi connectivity index (χ1n) is 5.45. The molecule has 2 amide bonds. The summed E-state index contributed by atoms with van der Waals surface area (Å²) in [7, 11) is 0. The molecule has 1 aromatic carbocycles. The lowest BCUT2D eigenvalue weighted by molar-refractivity contribution is -0.143. The minimum Gasteiger partial charge on any atom is -0.480 e. The van der Waals surface area contributed by atoms with E-state index in [1.165, 1.54) is 6.92 Å². The van der Waals surface area contributed by atoms with Crippen molar-refractivity contribution in [3.63, 3.8) is 0 Å². The van der Waals surface area contributed by atoms with Gasteiger partial charge in [-0.25, -0.2) is 9.59 Å². The van der Waals surface area contributed by atoms with Gasteiger partial charge in [-0.05, 0) is 37.6 Å². The molecule has 0 aromatic heterocycles. The first-order valence-corrected chi connectivity index (χ1v) is 6.25. The molecule has 5 nitrogen and oxygen atoms in total. The molecule has 0 aliphatic heterocycles. The van der Waals surface area contributed by atoms with E-state index in [0.29, 0.717) is 12.1 Å². The standard InChI is InChI=1S/C12H15BrN2O3/c1-3-12(2,10(16)17)15-11(18)14-9-6-4-8(13)5-7-9/h4-7H,3H2,1-2H3,(H,16,17)(H2,14,15,18)/t12-/m0/s1. The second-order valence-corrected chi connectivity index (χ2v) is 4.99. The Hall–Kier alpha value is -1.56. The van der Waals surface area contributed by atoms with E-state index in [9.17, 15) is 9.59 Å². The molecule has 6 heteroatoms. The van der Waals surface area contributed by atoms with Gasteiger partial charge in [-0.2, -0.15) is 0 Å². The van der Waals surface area contributed by atoms with Gasteiger partial charge in [-0.3, -0.25) is 0 Å². The van der Waals surface area contributed by atoms with Gasteiger partial charge < -0.3 is 15.7 Å². The topological polar surface area (TPSA) is 78.4 Å². The minimum absolute atomic E-state index is 0.302. The molecule has 1 rings (SSSR count). The van der Waals surface area contributed by atoms with E-state index in [0.717, 1.165) is 4.47 Å². The zero-order valence-electron chi connectivity index (χ0n) is 10.2. The first-order chi connectivity index (χ1) is 8.37. The van der Waals surface area contributed by atoms with Gasteiger partial charge in [0.1, 0.15) is 5.54 Å². The Balaban J connectivity index is 2.66. The SMILES string of the molecule is CC[C@](C)(NC(=O)Nc1ccc(Br)cc1)C(=O)O. The largest absolute Gasteiger partial charge is 0.480 e. The number of aliphatic carboxylic acids is 1. The highest BCUT2D eigenvalue weighted by Crippen LogP contribution is 2.15. The average Bonchev–Trinajstić information content (AvgIpc) is 2.31. The Morgan fingerprint density at radius 3 is 2.33 bits per heavy atom. The molecule has 0 unspecified atom stereocenters. The Kier molecular flexibility index (Phi) is 4.72. The van der Waals surface area contributed by atoms with Crippen molar-refractivity contribution >= 4 is 33.6 Å². The number of carbonyl (C=O) groups excluding carboxylic acids is 1. The van der Waals surface area contributed by atoms with E-state index in [2.05, 4.69) is 26.6 Å². The third kappa shape index (κ3) is 3.73. The van der Waals surface area contributed by atoms with Gasteiger partial charge in [-0.1, -0.05) is 22.9 Å². The minimum atomic E-state index is -1.26. The summed E-state index contributed by atoms with van der Waals surface area (Å²) in [6, 6.07) is 6.46. The van der Waals surface area contributed by atoms with Crippen LogP contribution < -0.4 is 10.6 Å². The molecule has 0 spiro atoms. The van der Waals surface area contributed by atoms with Crippen molar-refractivity contribution in [3.8, 4) is 0 Å². The van der Waals surface area contributed by atoms with E-state index in [1.54, 1.807) is 31.2 Å². The molecule has 0 bridgehead atoms. The van der Waals surface area contributed by atoms with Crippen LogP contribution in [-0.4, -0.2) is 22.6 Å². The quantitative estimate of drug-likeness (QED) is 0.799. The lowest BCUT2D eigenvalue weighted by atomic mass is 10.00. The summed E-state index contributed by atoms with van der Waals surface area (Å²) in [5.41, 5.74) is -0.668. The second-order valence-electron chi connectivity index (χ2n) is 4.08. The average molecular weight is 315 g/mol. The molecule has 98 valence electrons. The molecular weight excluding hydrogens is 300 g/mol. The number of hydrogen-bond acceptors (Lipinski definition) is 2. The first kappa shape index (κ1) is 14.5. The summed E-state index contributed by atoms with van der Waals surface area (Å²) < 4.78 is 0.900. The van der Waals surface area contributed by atoms with Gasteiger partial charge in [0, 0.05) is 10.2 Å². The van der Waals surface area contributed by atoms with Crippen molar-refractivity contribution in [2.75, 3.05) is 5.32 Å². The van der Waals surface area contributed by atoms with Crippen LogP contribution in [-0.2, 0) is 4.79 Å². The van der Waals surface area contributed by atoms with Crippen LogP contribution in [0.25, 0.3) is 0 Å². The number of anilines is 1. The Labute approximate surface area is 114 Å². The van der Waals surface area contributed by atoms with Gasteiger partial charge in [0.15, 0.2) is 0 Å². The number of urea groups is 1. The Bertz CT molecular complexity index is 447. The van der Waals surface area contributed by atoms with Gasteiger partial charge >= 0.3 is 12.0 Å². The van der Waals surface area contributed by atoms with Crippen molar-refractivity contribution < 1.29 is 14.7 Å². The number of hydrogen-bond donors (Lipinski definition) is 3. The summed E-state index contributed by atoms with van der Waals surface area (Å²) in [6.07, 6.45) is 0.302. The van der Waals surface area contributed by atoms with E-state index < -0.39 is 17.5 Å². The Morgan fingerprint density at radius 1 is 1.33 bits per heavy atom. The van der Waals surface area contributed by atoms with Gasteiger partial charge in [0.2, 0.25) is 0 Å². The fourth-order valence-electron chi connectivity index (χ4n) is 1.24. The van der Waals surface area contributed by atoms with Crippen LogP contribution in [0.2, 0.25) is 0 Å². The number of benzene rings is 1. The number of amides is 2. The summed E-state index contributed by atoms with van der Waals surface area (Å²) in [5, 5.41) is 14.1. The van der Waals surface area contributed by atoms with Crippen LogP contribution in [0.15, 0.2) is 28.7 Å². The summed E-state index contributed by atoms with van der Waals surface area (Å²) in [4.78, 5) is 22.7. The molecule has 3 N–H and O–H groups in total. The molecule has 0 saturated heterocycles. The number of carbonyl (C=O) groups is 2. The smallest absolute Gasteiger partial charge is 0.329 e. The van der Waals surface area contributed by atoms with Gasteiger partial charge in [-0.15, -0.1) is 0 Å². The normalized spacial score (nSPS) is 13.5. The molecule has 0 aliphatic carbocycles. The summed E-state index contributed by atoms with van der Waals surface area (Å²) in [5.74, 6) is -1.06. The maximum Gasteiger partial charge on any atom is 0.329 e. The molecule has 1 atom stereocenters. The fraction of sp³-hybridized carbons (Fsp3) is 0.333. The molecule has 0 fully saturated rings. The van der Waals surface area contributed by atoms with Gasteiger partial charge in [0.05, 0.1) is 0 Å². The van der Waals surface area contributed by atoms with Crippen molar-refractivity contribution in [2.24, 2.45) is 0 Å². The van der Waals surface area contributed by atoms with Crippen molar-refractivity contribution in [1.82, 2.24) is 5.32 Å². The number of carboxylic acid groups (broad SMARTS) is 1. The van der Waals surface area contributed by atoms with Crippen molar-refractivity contribution in [1.29, 1.82) is 0 Å². The van der Waals surface area contributed by atoms with E-state index in [4.69, 9.17) is 5.11 Å². The monoisotopic (exact) mass is 314 g/mol. The zero-order chi connectivity index (χ0) is 13.8. The predicted molar refractivity (Wildman–Crippen MR) is 72.6 cm³/mol. The molecule has 18 heavy (non-hydrogen) atoms. The number of rotatable bonds is 4. The van der Waals surface area contributed by atoms with Crippen LogP contribution in [0, 0.1) is 0 Å². The third-order valence-corrected chi connectivity index (χ3v) is 3.20. The highest BCUT2D eigenvalue weighted by Gasteiger charge is 2.32. The maximum atomic E-state index is 11.7. The summed E-state index contributed by atoms with van der Waals surface area (Å²) >= 11 is 3.28. The zero-order valence-corrected chi connectivity index (χ0v) is 11.7. The van der Waals surface area contributed by atoms with Crippen LogP contribution in [0.5, 0.6) is 0 Å². The van der Waals surface area contributed by atoms with Crippen LogP contribution in [0.4, 0.5) is 10.5 Å². The number of carboxylic acids is 1. The van der Waals surface area contributed by atoms with E-state index in [1.807, 2.05) is 0 Å². The lowest BCUT2D eigenvalue weighted by Crippen LogP contribution is -2.53. The summed E-state index contributed by atoms with van der Waals surface area (Å²) in [6.45, 7) is 3.17. The van der Waals surface area contributed by atoms with Crippen LogP contribution >= 0.6 is 15.9 Å². The molecule has 0 heterocycles. The highest BCUT2D eigenvalue weighted by atomic mass is 79.9. The third-order valence-electron chi connectivity index (χ3n) is 2.67. The predicted octanol–water partition coefficient (Wildman–Crippen LogP) is 2.82. The highest BCUT2D eigenvalue weighted by molar-refractivity contribution is 9.10. The number of nitrogens with one attached hydrogen (secondary N) is 2. The van der Waals surface area contributed by atoms with Crippen molar-refractivity contribution in [3.05, 3.63) is 28.7 Å². The molecule has 0 aliphatic rings. The van der Waals surface area contributed by atoms with Crippen LogP contribution in [0.3, 0.4) is 0 Å². The fourth-order valence-corrected chi connectivity index (χ4v) is 1.50. The molecule has 1 aromatic rings. The Morgan fingerprint density at radius 2 is 1.89 bits per heavy atom. The lowest BCUT2D eigenvalue weighted by Gasteiger charge is -2.24. The molecular formula is C12H15BrN2O3. The van der Waals surface area contributed by atoms with Crippen LogP contribution in [0.1, 0.15) is 20.3 Å². The van der Waals surface area contributed by atoms with E-state index in [-0.39, 0.29) is 0 Å². The number of halogens is 1. The van der Waals surface area contributed by atoms with E-state index >= 15 is 0 Å². The molecule has 0 saturated carbocycles. The maximum absolute atomic E-state index is 11.7. The molecule has 0 radical (unpaired) electrons. The second kappa shape index (κ2) is 5.86. The van der Waals surface area contributed by atoms with Gasteiger partial charge in [0.25, 0.3) is 0 Å². The van der Waals surface area contributed by atoms with Crippen molar-refractivity contribution in [2.45, 2.75) is 25.8 Å².